The van der Waals surface area contributed by atoms with E-state index in [2.05, 4.69) is 0 Å². The Bertz CT molecular complexity index is 787. The van der Waals surface area contributed by atoms with E-state index in [0.717, 1.165) is 5.56 Å². The summed E-state index contributed by atoms with van der Waals surface area (Å²) in [4.78, 5) is 10.6. The van der Waals surface area contributed by atoms with Crippen molar-refractivity contribution in [2.75, 3.05) is 0 Å². The maximum Gasteiger partial charge on any atom is 0.185 e. The van der Waals surface area contributed by atoms with Crippen molar-refractivity contribution in [3.63, 3.8) is 0 Å². The van der Waals surface area contributed by atoms with Gasteiger partial charge in [0.05, 0.1) is 0 Å². The van der Waals surface area contributed by atoms with E-state index in [0.29, 0.717) is 39.4 Å². The standard InChI is InChI=1S/C17H10Cl2O3/c18-12-7-13(19)9-16(8-12)21-14-3-1-11(2-4-14)17-6-5-15(10-20)22-17/h1-10H. The van der Waals surface area contributed by atoms with Gasteiger partial charge >= 0.3 is 0 Å². The number of rotatable bonds is 4. The van der Waals surface area contributed by atoms with Crippen LogP contribution in [0.25, 0.3) is 11.3 Å². The molecule has 3 nitrogen and oxygen atoms in total. The topological polar surface area (TPSA) is 39.4 Å². The van der Waals surface area contributed by atoms with Gasteiger partial charge in [0, 0.05) is 15.6 Å². The van der Waals surface area contributed by atoms with Crippen molar-refractivity contribution >= 4 is 29.5 Å². The van der Waals surface area contributed by atoms with Gasteiger partial charge in [-0.15, -0.1) is 0 Å². The van der Waals surface area contributed by atoms with Gasteiger partial charge in [0.25, 0.3) is 0 Å². The first-order chi connectivity index (χ1) is 10.6. The Hall–Kier alpha value is -2.23. The normalized spacial score (nSPS) is 10.5. The number of halogens is 2. The van der Waals surface area contributed by atoms with Gasteiger partial charge in [-0.3, -0.25) is 4.79 Å². The molecular formula is C17H10Cl2O3. The van der Waals surface area contributed by atoms with E-state index in [1.54, 1.807) is 42.5 Å². The first-order valence-corrected chi connectivity index (χ1v) is 7.19. The number of carbonyl (C=O) groups excluding carboxylic acids is 1. The van der Waals surface area contributed by atoms with Crippen molar-refractivity contribution in [1.82, 2.24) is 0 Å². The van der Waals surface area contributed by atoms with Crippen LogP contribution in [0.4, 0.5) is 0 Å². The molecule has 0 saturated carbocycles. The summed E-state index contributed by atoms with van der Waals surface area (Å²) in [7, 11) is 0. The van der Waals surface area contributed by atoms with Crippen molar-refractivity contribution in [1.29, 1.82) is 0 Å². The van der Waals surface area contributed by atoms with Gasteiger partial charge in [0.1, 0.15) is 17.3 Å². The fourth-order valence-electron chi connectivity index (χ4n) is 1.98. The summed E-state index contributed by atoms with van der Waals surface area (Å²) >= 11 is 11.9. The third-order valence-corrected chi connectivity index (χ3v) is 3.39. The molecule has 0 amide bonds. The van der Waals surface area contributed by atoms with Crippen LogP contribution in [-0.4, -0.2) is 6.29 Å². The van der Waals surface area contributed by atoms with E-state index >= 15 is 0 Å². The van der Waals surface area contributed by atoms with Crippen molar-refractivity contribution in [2.45, 2.75) is 0 Å². The van der Waals surface area contributed by atoms with Crippen LogP contribution in [-0.2, 0) is 0 Å². The minimum Gasteiger partial charge on any atom is -0.457 e. The number of aldehydes is 1. The Morgan fingerprint density at radius 2 is 1.55 bits per heavy atom. The summed E-state index contributed by atoms with van der Waals surface area (Å²) in [5, 5.41) is 1.02. The van der Waals surface area contributed by atoms with E-state index in [1.165, 1.54) is 0 Å². The molecule has 0 aliphatic carbocycles. The fourth-order valence-corrected chi connectivity index (χ4v) is 2.49. The first kappa shape index (κ1) is 14.7. The summed E-state index contributed by atoms with van der Waals surface area (Å²) in [6.07, 6.45) is 0.671. The largest absolute Gasteiger partial charge is 0.457 e. The zero-order valence-electron chi connectivity index (χ0n) is 11.3. The smallest absolute Gasteiger partial charge is 0.185 e. The monoisotopic (exact) mass is 332 g/mol. The summed E-state index contributed by atoms with van der Waals surface area (Å²) in [6, 6.07) is 15.7. The Morgan fingerprint density at radius 1 is 0.864 bits per heavy atom. The molecule has 3 aromatic rings. The molecule has 110 valence electrons. The molecule has 22 heavy (non-hydrogen) atoms. The molecule has 1 aromatic heterocycles. The third-order valence-electron chi connectivity index (χ3n) is 2.95. The molecule has 0 bridgehead atoms. The highest BCUT2D eigenvalue weighted by Gasteiger charge is 2.05. The highest BCUT2D eigenvalue weighted by atomic mass is 35.5. The molecule has 0 atom stereocenters. The number of hydrogen-bond acceptors (Lipinski definition) is 3. The number of benzene rings is 2. The molecule has 0 unspecified atom stereocenters. The zero-order chi connectivity index (χ0) is 15.5. The molecule has 2 aromatic carbocycles. The van der Waals surface area contributed by atoms with E-state index in [4.69, 9.17) is 32.4 Å². The van der Waals surface area contributed by atoms with E-state index in [-0.39, 0.29) is 0 Å². The van der Waals surface area contributed by atoms with E-state index in [9.17, 15) is 4.79 Å². The molecule has 5 heteroatoms. The van der Waals surface area contributed by atoms with Gasteiger partial charge in [-0.1, -0.05) is 23.2 Å². The van der Waals surface area contributed by atoms with Crippen molar-refractivity contribution in [2.24, 2.45) is 0 Å². The molecule has 0 aliphatic rings. The molecule has 0 aliphatic heterocycles. The lowest BCUT2D eigenvalue weighted by Gasteiger charge is -2.07. The fraction of sp³-hybridized carbons (Fsp3) is 0. The van der Waals surface area contributed by atoms with Crippen LogP contribution in [0.15, 0.2) is 59.0 Å². The van der Waals surface area contributed by atoms with Gasteiger partial charge in [-0.2, -0.15) is 0 Å². The van der Waals surface area contributed by atoms with Crippen molar-refractivity contribution in [3.8, 4) is 22.8 Å². The summed E-state index contributed by atoms with van der Waals surface area (Å²) in [5.41, 5.74) is 0.851. The van der Waals surface area contributed by atoms with Gasteiger partial charge in [0.15, 0.2) is 12.0 Å². The van der Waals surface area contributed by atoms with Crippen molar-refractivity contribution < 1.29 is 13.9 Å². The van der Waals surface area contributed by atoms with Crippen LogP contribution in [0.3, 0.4) is 0 Å². The van der Waals surface area contributed by atoms with Crippen LogP contribution < -0.4 is 4.74 Å². The predicted octanol–water partition coefficient (Wildman–Crippen LogP) is 5.86. The Kier molecular flexibility index (Phi) is 4.18. The van der Waals surface area contributed by atoms with Crippen LogP contribution in [0.5, 0.6) is 11.5 Å². The van der Waals surface area contributed by atoms with Crippen molar-refractivity contribution in [3.05, 3.63) is 70.4 Å². The molecular weight excluding hydrogens is 323 g/mol. The molecule has 0 radical (unpaired) electrons. The minimum absolute atomic E-state index is 0.295. The second-order valence-corrected chi connectivity index (χ2v) is 5.42. The van der Waals surface area contributed by atoms with Gasteiger partial charge < -0.3 is 9.15 Å². The maximum atomic E-state index is 10.6. The zero-order valence-corrected chi connectivity index (χ0v) is 12.8. The van der Waals surface area contributed by atoms with Crippen LogP contribution in [0, 0.1) is 0 Å². The lowest BCUT2D eigenvalue weighted by Crippen LogP contribution is -1.84. The highest BCUT2D eigenvalue weighted by molar-refractivity contribution is 6.34. The molecule has 3 rings (SSSR count). The summed E-state index contributed by atoms with van der Waals surface area (Å²) in [5.74, 6) is 2.12. The number of furan rings is 1. The Balaban J connectivity index is 1.80. The maximum absolute atomic E-state index is 10.6. The lowest BCUT2D eigenvalue weighted by molar-refractivity contribution is 0.110. The molecule has 0 saturated heterocycles. The average Bonchev–Trinajstić information content (AvgIpc) is 2.96. The molecule has 0 N–H and O–H groups in total. The predicted molar refractivity (Wildman–Crippen MR) is 86.1 cm³/mol. The van der Waals surface area contributed by atoms with Crippen LogP contribution in [0.2, 0.25) is 10.0 Å². The molecule has 1 heterocycles. The number of carbonyl (C=O) groups is 1. The first-order valence-electron chi connectivity index (χ1n) is 6.43. The quantitative estimate of drug-likeness (QED) is 0.562. The van der Waals surface area contributed by atoms with E-state index < -0.39 is 0 Å². The Labute approximate surface area is 137 Å². The van der Waals surface area contributed by atoms with Gasteiger partial charge in [0.2, 0.25) is 0 Å². The minimum atomic E-state index is 0.295. The molecule has 0 spiro atoms. The Morgan fingerprint density at radius 3 is 2.14 bits per heavy atom. The third kappa shape index (κ3) is 3.32. The van der Waals surface area contributed by atoms with Gasteiger partial charge in [-0.25, -0.2) is 0 Å². The highest BCUT2D eigenvalue weighted by Crippen LogP contribution is 2.30. The second-order valence-electron chi connectivity index (χ2n) is 4.55. The summed E-state index contributed by atoms with van der Waals surface area (Å²) in [6.45, 7) is 0. The lowest BCUT2D eigenvalue weighted by atomic mass is 10.2. The van der Waals surface area contributed by atoms with Crippen LogP contribution >= 0.6 is 23.2 Å². The summed E-state index contributed by atoms with van der Waals surface area (Å²) < 4.78 is 11.1. The second kappa shape index (κ2) is 6.26. The average molecular weight is 333 g/mol. The SMILES string of the molecule is O=Cc1ccc(-c2ccc(Oc3cc(Cl)cc(Cl)c3)cc2)o1. The van der Waals surface area contributed by atoms with E-state index in [1.807, 2.05) is 12.1 Å². The number of hydrogen-bond donors (Lipinski definition) is 0. The number of ether oxygens (including phenoxy) is 1. The van der Waals surface area contributed by atoms with Crippen LogP contribution in [0.1, 0.15) is 10.6 Å². The molecule has 0 fully saturated rings. The van der Waals surface area contributed by atoms with Gasteiger partial charge in [-0.05, 0) is 54.6 Å².